The topological polar surface area (TPSA) is 55.5 Å². The van der Waals surface area contributed by atoms with Gasteiger partial charge in [0.25, 0.3) is 0 Å². The van der Waals surface area contributed by atoms with Crippen molar-refractivity contribution < 1.29 is 9.84 Å². The van der Waals surface area contributed by atoms with Crippen LogP contribution in [0.2, 0.25) is 0 Å². The van der Waals surface area contributed by atoms with Gasteiger partial charge in [0.05, 0.1) is 6.10 Å². The van der Waals surface area contributed by atoms with Crippen molar-refractivity contribution in [1.82, 2.24) is 0 Å². The van der Waals surface area contributed by atoms with E-state index in [0.717, 1.165) is 6.42 Å². The minimum absolute atomic E-state index is 0.152. The third kappa shape index (κ3) is 7.78. The van der Waals surface area contributed by atoms with Gasteiger partial charge in [0.2, 0.25) is 0 Å². The molecule has 0 radical (unpaired) electrons. The molecule has 0 saturated carbocycles. The number of hydrogen-bond donors (Lipinski definition) is 2. The summed E-state index contributed by atoms with van der Waals surface area (Å²) in [6.07, 6.45) is 1.74. The van der Waals surface area contributed by atoms with Crippen molar-refractivity contribution in [3.05, 3.63) is 0 Å². The van der Waals surface area contributed by atoms with Crippen molar-refractivity contribution in [3.8, 4) is 0 Å². The summed E-state index contributed by atoms with van der Waals surface area (Å²) in [5.74, 6) is 0. The van der Waals surface area contributed by atoms with Gasteiger partial charge in [0, 0.05) is 19.3 Å². The molecule has 3 nitrogen and oxygen atoms in total. The largest absolute Gasteiger partial charge is 0.396 e. The maximum absolute atomic E-state index is 8.54. The molecule has 0 fully saturated rings. The fourth-order valence-electron chi connectivity index (χ4n) is 0.720. The normalized spacial score (nSPS) is 16.4. The number of aliphatic hydroxyl groups excluding tert-OH is 1. The van der Waals surface area contributed by atoms with Crippen LogP contribution in [0.3, 0.4) is 0 Å². The van der Waals surface area contributed by atoms with Crippen molar-refractivity contribution in [2.24, 2.45) is 5.73 Å². The number of ether oxygens (including phenoxy) is 1. The van der Waals surface area contributed by atoms with E-state index in [4.69, 9.17) is 15.6 Å². The zero-order valence-electron chi connectivity index (χ0n) is 7.42. The lowest BCUT2D eigenvalue weighted by molar-refractivity contribution is 0.0447. The van der Waals surface area contributed by atoms with E-state index in [1.165, 1.54) is 0 Å². The molecule has 0 aromatic rings. The first kappa shape index (κ1) is 10.9. The molecule has 0 spiro atoms. The zero-order valence-corrected chi connectivity index (χ0v) is 7.42. The third-order valence-electron chi connectivity index (χ3n) is 1.51. The van der Waals surface area contributed by atoms with Crippen LogP contribution in [0.15, 0.2) is 0 Å². The summed E-state index contributed by atoms with van der Waals surface area (Å²) < 4.78 is 5.35. The fourth-order valence-corrected chi connectivity index (χ4v) is 0.720. The lowest BCUT2D eigenvalue weighted by Crippen LogP contribution is -2.19. The molecule has 0 rings (SSSR count). The zero-order chi connectivity index (χ0) is 8.69. The minimum atomic E-state index is 0.152. The van der Waals surface area contributed by atoms with Gasteiger partial charge in [-0.25, -0.2) is 0 Å². The number of rotatable bonds is 6. The molecule has 0 aliphatic heterocycles. The van der Waals surface area contributed by atoms with Crippen molar-refractivity contribution in [3.63, 3.8) is 0 Å². The molecule has 68 valence electrons. The van der Waals surface area contributed by atoms with Crippen LogP contribution in [-0.4, -0.2) is 30.5 Å². The second-order valence-corrected chi connectivity index (χ2v) is 2.96. The molecule has 0 aromatic heterocycles. The lowest BCUT2D eigenvalue weighted by atomic mass is 10.2. The predicted octanol–water partition coefficient (Wildman–Crippen LogP) is 0.511. The van der Waals surface area contributed by atoms with Crippen molar-refractivity contribution in [2.45, 2.75) is 38.8 Å². The van der Waals surface area contributed by atoms with Gasteiger partial charge in [-0.15, -0.1) is 0 Å². The van der Waals surface area contributed by atoms with E-state index in [9.17, 15) is 0 Å². The summed E-state index contributed by atoms with van der Waals surface area (Å²) >= 11 is 0. The molecular formula is C8H19NO2. The number of hydrogen-bond acceptors (Lipinski definition) is 3. The third-order valence-corrected chi connectivity index (χ3v) is 1.51. The van der Waals surface area contributed by atoms with Crippen LogP contribution in [0.1, 0.15) is 26.7 Å². The first-order valence-corrected chi connectivity index (χ1v) is 4.15. The van der Waals surface area contributed by atoms with Crippen molar-refractivity contribution in [1.29, 1.82) is 0 Å². The highest BCUT2D eigenvalue weighted by atomic mass is 16.5. The van der Waals surface area contributed by atoms with Crippen molar-refractivity contribution in [2.75, 3.05) is 13.2 Å². The van der Waals surface area contributed by atoms with Crippen LogP contribution in [0, 0.1) is 0 Å². The number of aliphatic hydroxyl groups is 1. The molecule has 11 heavy (non-hydrogen) atoms. The molecule has 0 saturated heterocycles. The van der Waals surface area contributed by atoms with Crippen LogP contribution in [0.5, 0.6) is 0 Å². The van der Waals surface area contributed by atoms with E-state index in [2.05, 4.69) is 0 Å². The lowest BCUT2D eigenvalue weighted by Gasteiger charge is -2.12. The van der Waals surface area contributed by atoms with Crippen LogP contribution < -0.4 is 5.73 Å². The van der Waals surface area contributed by atoms with Gasteiger partial charge in [-0.2, -0.15) is 0 Å². The van der Waals surface area contributed by atoms with Gasteiger partial charge in [0.15, 0.2) is 0 Å². The summed E-state index contributed by atoms with van der Waals surface area (Å²) in [4.78, 5) is 0. The molecule has 2 unspecified atom stereocenters. The summed E-state index contributed by atoms with van der Waals surface area (Å²) in [6.45, 7) is 4.80. The number of nitrogens with two attached hydrogens (primary N) is 1. The smallest absolute Gasteiger partial charge is 0.0568 e. The van der Waals surface area contributed by atoms with Gasteiger partial charge in [-0.05, 0) is 26.7 Å². The van der Waals surface area contributed by atoms with E-state index < -0.39 is 0 Å². The van der Waals surface area contributed by atoms with Gasteiger partial charge in [-0.1, -0.05) is 0 Å². The highest BCUT2D eigenvalue weighted by molar-refractivity contribution is 4.53. The highest BCUT2D eigenvalue weighted by Gasteiger charge is 2.01. The average molecular weight is 161 g/mol. The van der Waals surface area contributed by atoms with Gasteiger partial charge in [-0.3, -0.25) is 0 Å². The van der Waals surface area contributed by atoms with Crippen molar-refractivity contribution >= 4 is 0 Å². The monoisotopic (exact) mass is 161 g/mol. The Kier molecular flexibility index (Phi) is 6.51. The standard InChI is InChI=1S/C8H19NO2/c1-7(9)4-6-11-8(2)3-5-10/h7-8,10H,3-6,9H2,1-2H3. The summed E-state index contributed by atoms with van der Waals surface area (Å²) in [6, 6.07) is 0.205. The summed E-state index contributed by atoms with van der Waals surface area (Å²) in [7, 11) is 0. The quantitative estimate of drug-likeness (QED) is 0.597. The Hall–Kier alpha value is -0.120. The Labute approximate surface area is 68.5 Å². The first-order chi connectivity index (χ1) is 5.16. The van der Waals surface area contributed by atoms with E-state index in [1.54, 1.807) is 0 Å². The first-order valence-electron chi connectivity index (χ1n) is 4.15. The predicted molar refractivity (Wildman–Crippen MR) is 45.4 cm³/mol. The highest BCUT2D eigenvalue weighted by Crippen LogP contribution is 1.97. The Morgan fingerprint density at radius 3 is 2.45 bits per heavy atom. The molecule has 0 amide bonds. The molecular weight excluding hydrogens is 142 g/mol. The van der Waals surface area contributed by atoms with Crippen LogP contribution >= 0.6 is 0 Å². The van der Waals surface area contributed by atoms with E-state index in [0.29, 0.717) is 13.0 Å². The van der Waals surface area contributed by atoms with Crippen LogP contribution in [0.25, 0.3) is 0 Å². The molecule has 0 bridgehead atoms. The maximum Gasteiger partial charge on any atom is 0.0568 e. The molecule has 3 N–H and O–H groups in total. The van der Waals surface area contributed by atoms with E-state index in [1.807, 2.05) is 13.8 Å². The minimum Gasteiger partial charge on any atom is -0.396 e. The molecule has 0 heterocycles. The van der Waals surface area contributed by atoms with Gasteiger partial charge >= 0.3 is 0 Å². The molecule has 0 aliphatic carbocycles. The van der Waals surface area contributed by atoms with Crippen LogP contribution in [-0.2, 0) is 4.74 Å². The Balaban J connectivity index is 3.10. The summed E-state index contributed by atoms with van der Waals surface area (Å²) in [5.41, 5.74) is 5.52. The SMILES string of the molecule is CC(N)CCOC(C)CCO. The second kappa shape index (κ2) is 6.58. The Morgan fingerprint density at radius 1 is 1.36 bits per heavy atom. The molecule has 3 heteroatoms. The Morgan fingerprint density at radius 2 is 2.00 bits per heavy atom. The van der Waals surface area contributed by atoms with E-state index >= 15 is 0 Å². The molecule has 2 atom stereocenters. The van der Waals surface area contributed by atoms with Gasteiger partial charge < -0.3 is 15.6 Å². The van der Waals surface area contributed by atoms with Gasteiger partial charge in [0.1, 0.15) is 0 Å². The van der Waals surface area contributed by atoms with Crippen LogP contribution in [0.4, 0.5) is 0 Å². The fraction of sp³-hybridized carbons (Fsp3) is 1.00. The molecule has 0 aliphatic rings. The maximum atomic E-state index is 8.54. The molecule has 0 aromatic carbocycles. The average Bonchev–Trinajstić information content (AvgIpc) is 1.87. The Bertz CT molecular complexity index is 86.2. The summed E-state index contributed by atoms with van der Waals surface area (Å²) in [5, 5.41) is 8.54. The van der Waals surface area contributed by atoms with E-state index in [-0.39, 0.29) is 18.8 Å². The second-order valence-electron chi connectivity index (χ2n) is 2.96.